The van der Waals surface area contributed by atoms with Crippen molar-refractivity contribution < 1.29 is 0 Å². The van der Waals surface area contributed by atoms with Crippen LogP contribution in [0.2, 0.25) is 0 Å². The Morgan fingerprint density at radius 2 is 1.07 bits per heavy atom. The van der Waals surface area contributed by atoms with Gasteiger partial charge in [-0.15, -0.1) is 10.2 Å². The van der Waals surface area contributed by atoms with Crippen molar-refractivity contribution in [2.45, 2.75) is 46.5 Å². The number of nitrogens with zero attached hydrogens (tertiary/aromatic N) is 6. The Balaban J connectivity index is 1.25. The molecule has 0 saturated carbocycles. The lowest BCUT2D eigenvalue weighted by Gasteiger charge is -2.23. The normalized spacial score (nSPS) is 12.0. The highest BCUT2D eigenvalue weighted by Gasteiger charge is 2.25. The Hall–Kier alpha value is -6.79. The summed E-state index contributed by atoms with van der Waals surface area (Å²) in [5.41, 5.74) is 12.5. The summed E-state index contributed by atoms with van der Waals surface area (Å²) in [6, 6.07) is 52.2. The van der Waals surface area contributed by atoms with E-state index < -0.39 is 0 Å². The van der Waals surface area contributed by atoms with Crippen LogP contribution >= 0.6 is 0 Å². The van der Waals surface area contributed by atoms with Gasteiger partial charge in [0.2, 0.25) is 0 Å². The molecule has 6 aromatic carbocycles. The second-order valence-corrected chi connectivity index (χ2v) is 15.4. The van der Waals surface area contributed by atoms with Gasteiger partial charge in [-0.1, -0.05) is 125 Å². The van der Waals surface area contributed by atoms with E-state index in [0.717, 1.165) is 61.9 Å². The van der Waals surface area contributed by atoms with E-state index >= 15 is 0 Å². The molecule has 0 atom stereocenters. The summed E-state index contributed by atoms with van der Waals surface area (Å²) in [7, 11) is 0. The van der Waals surface area contributed by atoms with Crippen LogP contribution in [0.1, 0.15) is 56.2 Å². The lowest BCUT2D eigenvalue weighted by atomic mass is 9.92. The summed E-state index contributed by atoms with van der Waals surface area (Å²) < 4.78 is 7.02. The van der Waals surface area contributed by atoms with Crippen LogP contribution in [0.4, 0.5) is 0 Å². The first-order valence-electron chi connectivity index (χ1n) is 19.5. The number of rotatable bonds is 7. The monoisotopic (exact) mass is 726 g/mol. The van der Waals surface area contributed by atoms with Crippen LogP contribution in [0.25, 0.3) is 83.6 Å². The highest BCUT2D eigenvalue weighted by atomic mass is 15.3. The third kappa shape index (κ3) is 5.20. The zero-order valence-electron chi connectivity index (χ0n) is 32.3. The molecule has 6 heteroatoms. The summed E-state index contributed by atoms with van der Waals surface area (Å²) in [5.74, 6) is 3.16. The van der Waals surface area contributed by atoms with Crippen LogP contribution in [0.3, 0.4) is 0 Å². The fourth-order valence-electron chi connectivity index (χ4n) is 8.68. The third-order valence-electron chi connectivity index (χ3n) is 11.3. The van der Waals surface area contributed by atoms with Crippen molar-refractivity contribution in [1.82, 2.24) is 28.9 Å². The molecule has 10 aromatic rings. The Morgan fingerprint density at radius 3 is 1.75 bits per heavy atom. The van der Waals surface area contributed by atoms with Crippen molar-refractivity contribution in [3.8, 4) is 40.0 Å². The molecule has 0 aliphatic heterocycles. The van der Waals surface area contributed by atoms with Gasteiger partial charge in [0, 0.05) is 44.6 Å². The smallest absolute Gasteiger partial charge is 0.169 e. The molecular weight excluding hydrogens is 685 g/mol. The molecular formula is C50H42N6. The van der Waals surface area contributed by atoms with E-state index in [1.54, 1.807) is 0 Å². The first-order valence-corrected chi connectivity index (χ1v) is 19.5. The molecule has 272 valence electrons. The first kappa shape index (κ1) is 33.8. The largest absolute Gasteiger partial charge is 0.309 e. The molecule has 0 fully saturated rings. The van der Waals surface area contributed by atoms with E-state index in [1.165, 1.54) is 38.4 Å². The number of hydrogen-bond acceptors (Lipinski definition) is 3. The maximum Gasteiger partial charge on any atom is 0.169 e. The fraction of sp³-hybridized carbons (Fsp3) is 0.140. The van der Waals surface area contributed by atoms with Crippen molar-refractivity contribution in [2.75, 3.05) is 0 Å². The lowest BCUT2D eigenvalue weighted by Crippen LogP contribution is -2.10. The van der Waals surface area contributed by atoms with Gasteiger partial charge in [-0.25, -0.2) is 4.98 Å². The van der Waals surface area contributed by atoms with Gasteiger partial charge in [0.15, 0.2) is 11.6 Å². The molecule has 0 radical (unpaired) electrons. The zero-order valence-corrected chi connectivity index (χ0v) is 32.3. The number of fused-ring (bicyclic) bond motifs is 6. The van der Waals surface area contributed by atoms with E-state index in [4.69, 9.17) is 15.2 Å². The van der Waals surface area contributed by atoms with E-state index in [-0.39, 0.29) is 0 Å². The second-order valence-electron chi connectivity index (χ2n) is 15.4. The van der Waals surface area contributed by atoms with Gasteiger partial charge in [-0.2, -0.15) is 0 Å². The van der Waals surface area contributed by atoms with Crippen LogP contribution in [0, 0.1) is 6.92 Å². The van der Waals surface area contributed by atoms with Crippen molar-refractivity contribution >= 4 is 43.6 Å². The number of pyridine rings is 1. The van der Waals surface area contributed by atoms with Crippen molar-refractivity contribution in [3.63, 3.8) is 0 Å². The molecule has 4 aromatic heterocycles. The van der Waals surface area contributed by atoms with Crippen molar-refractivity contribution in [1.29, 1.82) is 0 Å². The molecule has 0 unspecified atom stereocenters. The molecule has 0 aliphatic rings. The molecule has 56 heavy (non-hydrogen) atoms. The second kappa shape index (κ2) is 13.2. The Morgan fingerprint density at radius 1 is 0.464 bits per heavy atom. The summed E-state index contributed by atoms with van der Waals surface area (Å²) in [6.07, 6.45) is 1.86. The highest BCUT2D eigenvalue weighted by Crippen LogP contribution is 2.41. The van der Waals surface area contributed by atoms with Gasteiger partial charge in [0.1, 0.15) is 5.82 Å². The highest BCUT2D eigenvalue weighted by molar-refractivity contribution is 6.19. The van der Waals surface area contributed by atoms with E-state index in [9.17, 15) is 0 Å². The summed E-state index contributed by atoms with van der Waals surface area (Å²) in [4.78, 5) is 4.81. The minimum atomic E-state index is 0.297. The predicted molar refractivity (Wildman–Crippen MR) is 232 cm³/mol. The molecule has 6 nitrogen and oxygen atoms in total. The van der Waals surface area contributed by atoms with E-state index in [2.05, 4.69) is 188 Å². The fourth-order valence-corrected chi connectivity index (χ4v) is 8.68. The van der Waals surface area contributed by atoms with Crippen molar-refractivity contribution in [2.24, 2.45) is 0 Å². The summed E-state index contributed by atoms with van der Waals surface area (Å²) in [5, 5.41) is 14.8. The maximum absolute atomic E-state index is 5.03. The quantitative estimate of drug-likeness (QED) is 0.164. The number of aryl methyl sites for hydroxylation is 1. The predicted octanol–water partition coefficient (Wildman–Crippen LogP) is 12.7. The molecule has 0 N–H and O–H groups in total. The Bertz CT molecular complexity index is 3080. The van der Waals surface area contributed by atoms with Crippen LogP contribution < -0.4 is 0 Å². The zero-order chi connectivity index (χ0) is 38.1. The lowest BCUT2D eigenvalue weighted by molar-refractivity contribution is 0.807. The average Bonchev–Trinajstić information content (AvgIpc) is 3.90. The number of benzene rings is 6. The van der Waals surface area contributed by atoms with E-state index in [0.29, 0.717) is 11.8 Å². The van der Waals surface area contributed by atoms with Crippen LogP contribution in [-0.2, 0) is 0 Å². The Labute approximate surface area is 326 Å². The van der Waals surface area contributed by atoms with Gasteiger partial charge < -0.3 is 4.57 Å². The van der Waals surface area contributed by atoms with Crippen molar-refractivity contribution in [3.05, 3.63) is 168 Å². The molecule has 0 bridgehead atoms. The summed E-state index contributed by atoms with van der Waals surface area (Å²) in [6.45, 7) is 11.2. The minimum Gasteiger partial charge on any atom is -0.309 e. The first-order chi connectivity index (χ1) is 27.4. The SMILES string of the molecule is Cc1ccccc1-c1nnc(-c2cccc(-n3c4ccccc4c4cc5c6ccccc6n(-c6ccccn6)c5cc43)c2)n1-c1c(C(C)C)cccc1C(C)C. The third-order valence-corrected chi connectivity index (χ3v) is 11.3. The van der Waals surface area contributed by atoms with E-state index in [1.807, 2.05) is 12.3 Å². The van der Waals surface area contributed by atoms with Gasteiger partial charge in [0.25, 0.3) is 0 Å². The van der Waals surface area contributed by atoms with Gasteiger partial charge in [-0.3, -0.25) is 9.13 Å². The molecule has 0 aliphatic carbocycles. The minimum absolute atomic E-state index is 0.297. The van der Waals surface area contributed by atoms with Crippen LogP contribution in [0.15, 0.2) is 152 Å². The van der Waals surface area contributed by atoms with Gasteiger partial charge in [0.05, 0.1) is 27.8 Å². The topological polar surface area (TPSA) is 53.5 Å². The van der Waals surface area contributed by atoms with Gasteiger partial charge in [-0.05, 0) is 84.0 Å². The van der Waals surface area contributed by atoms with Crippen LogP contribution in [0.5, 0.6) is 0 Å². The molecule has 0 spiro atoms. The molecule has 0 amide bonds. The number of para-hydroxylation sites is 3. The Kier molecular flexibility index (Phi) is 7.96. The van der Waals surface area contributed by atoms with Crippen LogP contribution in [-0.4, -0.2) is 28.9 Å². The molecule has 4 heterocycles. The molecule has 10 rings (SSSR count). The van der Waals surface area contributed by atoms with Gasteiger partial charge >= 0.3 is 0 Å². The molecule has 0 saturated heterocycles. The number of hydrogen-bond donors (Lipinski definition) is 0. The standard InChI is InChI=1S/C50H42N6/c1-31(2)36-22-15-23-37(32(3)4)48(36)56-49(52-53-50(56)38-19-7-6-16-33(38)5)34-17-14-18-35(28-34)54-43-24-10-8-20-39(43)41-29-42-40-21-9-11-25-44(40)55(46(42)30-45(41)54)47-26-12-13-27-51-47/h6-32H,1-5H3. The summed E-state index contributed by atoms with van der Waals surface area (Å²) >= 11 is 0. The average molecular weight is 727 g/mol. The number of aromatic nitrogens is 6. The maximum atomic E-state index is 5.03.